The van der Waals surface area contributed by atoms with Gasteiger partial charge in [-0.1, -0.05) is 18.1 Å². The number of rotatable bonds is 8. The van der Waals surface area contributed by atoms with Crippen molar-refractivity contribution in [2.75, 3.05) is 39.3 Å². The molecule has 0 aromatic carbocycles. The van der Waals surface area contributed by atoms with Crippen molar-refractivity contribution in [3.63, 3.8) is 0 Å². The van der Waals surface area contributed by atoms with Crippen LogP contribution in [0.5, 0.6) is 0 Å². The van der Waals surface area contributed by atoms with Crippen molar-refractivity contribution < 1.29 is 4.79 Å². The second kappa shape index (κ2) is 13.3. The van der Waals surface area contributed by atoms with Gasteiger partial charge in [0.1, 0.15) is 0 Å². The van der Waals surface area contributed by atoms with E-state index in [-0.39, 0.29) is 30.7 Å². The van der Waals surface area contributed by atoms with Crippen molar-refractivity contribution >= 4 is 30.7 Å². The Bertz CT molecular complexity index is 530. The number of aromatic nitrogens is 3. The lowest BCUT2D eigenvalue weighted by Gasteiger charge is -2.26. The minimum Gasteiger partial charge on any atom is -0.351 e. The predicted molar refractivity (Wildman–Crippen MR) is 112 cm³/mol. The van der Waals surface area contributed by atoms with Crippen molar-refractivity contribution in [3.05, 3.63) is 11.9 Å². The van der Waals surface area contributed by atoms with Crippen molar-refractivity contribution in [1.29, 1.82) is 0 Å². The number of hydrogen-bond acceptors (Lipinski definition) is 5. The molecular formula is C18H34Cl2N6O. The van der Waals surface area contributed by atoms with Gasteiger partial charge in [-0.25, -0.2) is 4.68 Å². The lowest BCUT2D eigenvalue weighted by Crippen LogP contribution is -2.30. The highest BCUT2D eigenvalue weighted by Gasteiger charge is 2.18. The summed E-state index contributed by atoms with van der Waals surface area (Å²) in [4.78, 5) is 14.7. The zero-order chi connectivity index (χ0) is 17.3. The van der Waals surface area contributed by atoms with E-state index in [2.05, 4.69) is 25.8 Å². The number of carbonyl (C=O) groups is 1. The molecule has 1 amide bonds. The third-order valence-corrected chi connectivity index (χ3v) is 5.31. The number of amides is 1. The van der Waals surface area contributed by atoms with Crippen LogP contribution in [0.3, 0.4) is 0 Å². The summed E-state index contributed by atoms with van der Waals surface area (Å²) in [6.07, 6.45) is 11.4. The van der Waals surface area contributed by atoms with E-state index >= 15 is 0 Å². The van der Waals surface area contributed by atoms with Crippen molar-refractivity contribution in [3.8, 4) is 0 Å². The smallest absolute Gasteiger partial charge is 0.273 e. The van der Waals surface area contributed by atoms with Crippen LogP contribution in [0.1, 0.15) is 67.9 Å². The Morgan fingerprint density at radius 3 is 2.59 bits per heavy atom. The zero-order valence-electron chi connectivity index (χ0n) is 16.1. The molecule has 3 rings (SSSR count). The van der Waals surface area contributed by atoms with Crippen LogP contribution in [-0.2, 0) is 0 Å². The maximum atomic E-state index is 12.2. The normalized spacial score (nSPS) is 18.4. The molecule has 0 atom stereocenters. The molecule has 1 aromatic heterocycles. The molecule has 2 saturated heterocycles. The first-order chi connectivity index (χ1) is 12.3. The van der Waals surface area contributed by atoms with Crippen LogP contribution in [0.2, 0.25) is 0 Å². The second-order valence-electron chi connectivity index (χ2n) is 7.28. The summed E-state index contributed by atoms with van der Waals surface area (Å²) in [5.41, 5.74) is 0.437. The monoisotopic (exact) mass is 420 g/mol. The average molecular weight is 421 g/mol. The number of piperidine rings is 2. The molecule has 3 heterocycles. The highest BCUT2D eigenvalue weighted by Crippen LogP contribution is 2.17. The summed E-state index contributed by atoms with van der Waals surface area (Å²) in [6.45, 7) is 6.47. The topological polar surface area (TPSA) is 75.1 Å². The van der Waals surface area contributed by atoms with Gasteiger partial charge in [0, 0.05) is 6.54 Å². The van der Waals surface area contributed by atoms with E-state index in [1.807, 2.05) is 4.68 Å². The predicted octanol–water partition coefficient (Wildman–Crippen LogP) is 2.43. The van der Waals surface area contributed by atoms with Gasteiger partial charge in [-0.2, -0.15) is 0 Å². The molecule has 2 fully saturated rings. The number of nitrogens with zero attached hydrogens (tertiary/aromatic N) is 4. The summed E-state index contributed by atoms with van der Waals surface area (Å²) >= 11 is 0. The van der Waals surface area contributed by atoms with Gasteiger partial charge in [-0.05, 0) is 71.2 Å². The first-order valence-electron chi connectivity index (χ1n) is 9.96. The van der Waals surface area contributed by atoms with Gasteiger partial charge in [0.25, 0.3) is 5.91 Å². The molecule has 156 valence electrons. The Kier molecular flexibility index (Phi) is 11.9. The van der Waals surface area contributed by atoms with Gasteiger partial charge in [0.2, 0.25) is 0 Å². The largest absolute Gasteiger partial charge is 0.351 e. The van der Waals surface area contributed by atoms with E-state index in [1.165, 1.54) is 51.7 Å². The summed E-state index contributed by atoms with van der Waals surface area (Å²) < 4.78 is 1.86. The molecule has 7 nitrogen and oxygen atoms in total. The molecule has 9 heteroatoms. The third-order valence-electron chi connectivity index (χ3n) is 5.31. The van der Waals surface area contributed by atoms with Crippen molar-refractivity contribution in [2.45, 2.75) is 57.4 Å². The molecule has 0 spiro atoms. The maximum Gasteiger partial charge on any atom is 0.273 e. The molecule has 2 aliphatic heterocycles. The van der Waals surface area contributed by atoms with Gasteiger partial charge in [-0.15, -0.1) is 29.9 Å². The lowest BCUT2D eigenvalue weighted by molar-refractivity contribution is 0.0947. The lowest BCUT2D eigenvalue weighted by atomic mass is 10.1. The van der Waals surface area contributed by atoms with E-state index in [4.69, 9.17) is 0 Å². The molecule has 0 saturated carbocycles. The van der Waals surface area contributed by atoms with Gasteiger partial charge >= 0.3 is 0 Å². The van der Waals surface area contributed by atoms with Gasteiger partial charge in [0.05, 0.1) is 12.2 Å². The van der Waals surface area contributed by atoms with Gasteiger partial charge < -0.3 is 15.5 Å². The Balaban J connectivity index is 0.00000182. The van der Waals surface area contributed by atoms with Crippen LogP contribution in [0.15, 0.2) is 6.20 Å². The summed E-state index contributed by atoms with van der Waals surface area (Å²) in [5.74, 6) is -0.101. The Morgan fingerprint density at radius 1 is 1.11 bits per heavy atom. The minimum atomic E-state index is -0.101. The molecule has 0 radical (unpaired) electrons. The average Bonchev–Trinajstić information content (AvgIpc) is 3.16. The summed E-state index contributed by atoms with van der Waals surface area (Å²) in [7, 11) is 0. The van der Waals surface area contributed by atoms with Gasteiger partial charge in [-0.3, -0.25) is 4.79 Å². The Morgan fingerprint density at radius 2 is 1.85 bits per heavy atom. The van der Waals surface area contributed by atoms with Crippen LogP contribution in [-0.4, -0.2) is 65.1 Å². The Labute approximate surface area is 174 Å². The number of unbranched alkanes of at least 4 members (excludes halogenated alkanes) is 2. The number of likely N-dealkylation sites (tertiary alicyclic amines) is 1. The van der Waals surface area contributed by atoms with E-state index in [0.29, 0.717) is 11.7 Å². The van der Waals surface area contributed by atoms with Crippen LogP contribution < -0.4 is 10.6 Å². The van der Waals surface area contributed by atoms with E-state index in [9.17, 15) is 4.79 Å². The van der Waals surface area contributed by atoms with Crippen LogP contribution in [0.25, 0.3) is 0 Å². The first-order valence-corrected chi connectivity index (χ1v) is 9.96. The maximum absolute atomic E-state index is 12.2. The highest BCUT2D eigenvalue weighted by molar-refractivity contribution is 5.91. The highest BCUT2D eigenvalue weighted by atomic mass is 35.5. The molecule has 2 aliphatic rings. The fourth-order valence-electron chi connectivity index (χ4n) is 3.74. The fourth-order valence-corrected chi connectivity index (χ4v) is 3.74. The van der Waals surface area contributed by atoms with Crippen LogP contribution in [0.4, 0.5) is 0 Å². The van der Waals surface area contributed by atoms with Crippen LogP contribution >= 0.6 is 24.8 Å². The molecule has 1 aromatic rings. The molecule has 0 unspecified atom stereocenters. The first kappa shape index (κ1) is 24.1. The molecular weight excluding hydrogens is 387 g/mol. The summed E-state index contributed by atoms with van der Waals surface area (Å²) in [6, 6.07) is 0.366. The van der Waals surface area contributed by atoms with Crippen molar-refractivity contribution in [1.82, 2.24) is 30.5 Å². The summed E-state index contributed by atoms with van der Waals surface area (Å²) in [5, 5.41) is 14.5. The SMILES string of the molecule is Cl.Cl.O=C(NCCCCCN1CCCCC1)c1cn(C2CCNCC2)nn1. The number of nitrogens with one attached hydrogen (secondary N) is 2. The third kappa shape index (κ3) is 7.94. The fraction of sp³-hybridized carbons (Fsp3) is 0.833. The zero-order valence-corrected chi connectivity index (χ0v) is 17.7. The molecule has 27 heavy (non-hydrogen) atoms. The second-order valence-corrected chi connectivity index (χ2v) is 7.28. The van der Waals surface area contributed by atoms with Gasteiger partial charge in [0.15, 0.2) is 5.69 Å². The quantitative estimate of drug-likeness (QED) is 0.631. The van der Waals surface area contributed by atoms with Crippen molar-refractivity contribution in [2.24, 2.45) is 0 Å². The molecule has 2 N–H and O–H groups in total. The minimum absolute atomic E-state index is 0. The molecule has 0 aliphatic carbocycles. The number of halogens is 2. The Hall–Kier alpha value is -0.890. The molecule has 0 bridgehead atoms. The van der Waals surface area contributed by atoms with Crippen LogP contribution in [0, 0.1) is 0 Å². The standard InChI is InChI=1S/C18H32N6O.2ClH/c25-18(17-15-24(22-21-17)16-7-10-19-11-8-16)20-9-3-1-4-12-23-13-5-2-6-14-23;;/h15-16,19H,1-14H2,(H,20,25);2*1H. The number of hydrogen-bond donors (Lipinski definition) is 2. The van der Waals surface area contributed by atoms with E-state index < -0.39 is 0 Å². The van der Waals surface area contributed by atoms with E-state index in [0.717, 1.165) is 38.9 Å². The number of carbonyl (C=O) groups excluding carboxylic acids is 1. The van der Waals surface area contributed by atoms with E-state index in [1.54, 1.807) is 6.20 Å².